The molecule has 0 aliphatic rings. The number of fused-ring (bicyclic) bond motifs is 1. The Morgan fingerprint density at radius 2 is 1.64 bits per heavy atom. The number of rotatable bonds is 8. The zero-order valence-corrected chi connectivity index (χ0v) is 19.5. The van der Waals surface area contributed by atoms with Crippen LogP contribution in [0.25, 0.3) is 27.9 Å². The van der Waals surface area contributed by atoms with Crippen LogP contribution < -0.4 is 5.32 Å². The molecular formula is C28H23N3O5. The molecule has 1 amide bonds. The molecule has 0 spiro atoms. The number of hydrogen-bond donors (Lipinski definition) is 1. The van der Waals surface area contributed by atoms with E-state index in [2.05, 4.69) is 10.4 Å². The maximum absolute atomic E-state index is 12.8. The number of esters is 1. The predicted molar refractivity (Wildman–Crippen MR) is 135 cm³/mol. The molecule has 180 valence electrons. The normalized spacial score (nSPS) is 10.9. The fourth-order valence-corrected chi connectivity index (χ4v) is 3.91. The van der Waals surface area contributed by atoms with Crippen LogP contribution in [0.1, 0.15) is 16.1 Å². The minimum Gasteiger partial charge on any atom is -0.450 e. The number of nitrogens with one attached hydrogen (secondary N) is 1. The van der Waals surface area contributed by atoms with Gasteiger partial charge in [0.05, 0.1) is 18.0 Å². The van der Waals surface area contributed by atoms with Gasteiger partial charge in [0.1, 0.15) is 11.4 Å². The number of nitrogens with zero attached hydrogens (tertiary/aromatic N) is 2. The van der Waals surface area contributed by atoms with Crippen LogP contribution in [0, 0.1) is 0 Å². The van der Waals surface area contributed by atoms with Gasteiger partial charge in [0.25, 0.3) is 5.91 Å². The van der Waals surface area contributed by atoms with Gasteiger partial charge in [-0.25, -0.2) is 9.48 Å². The van der Waals surface area contributed by atoms with Crippen molar-refractivity contribution in [1.29, 1.82) is 0 Å². The predicted octanol–water partition coefficient (Wildman–Crippen LogP) is 5.23. The molecule has 8 nitrogen and oxygen atoms in total. The van der Waals surface area contributed by atoms with Gasteiger partial charge >= 0.3 is 5.97 Å². The second-order valence-electron chi connectivity index (χ2n) is 7.99. The molecule has 0 unspecified atom stereocenters. The van der Waals surface area contributed by atoms with E-state index in [9.17, 15) is 9.59 Å². The number of furan rings is 1. The van der Waals surface area contributed by atoms with E-state index in [0.717, 1.165) is 16.6 Å². The number of anilines is 1. The van der Waals surface area contributed by atoms with Crippen LogP contribution in [0.2, 0.25) is 0 Å². The Morgan fingerprint density at radius 1 is 0.944 bits per heavy atom. The van der Waals surface area contributed by atoms with Gasteiger partial charge in [0.15, 0.2) is 6.61 Å². The van der Waals surface area contributed by atoms with Gasteiger partial charge in [-0.05, 0) is 18.2 Å². The summed E-state index contributed by atoms with van der Waals surface area (Å²) < 4.78 is 17.8. The number of carbonyl (C=O) groups excluding carboxylic acids is 2. The lowest BCUT2D eigenvalue weighted by atomic mass is 10.1. The van der Waals surface area contributed by atoms with E-state index in [-0.39, 0.29) is 12.4 Å². The Kier molecular flexibility index (Phi) is 6.59. The van der Waals surface area contributed by atoms with Crippen molar-refractivity contribution >= 4 is 28.7 Å². The number of hydrogen-bond acceptors (Lipinski definition) is 6. The molecule has 2 heterocycles. The van der Waals surface area contributed by atoms with Gasteiger partial charge in [0.2, 0.25) is 5.76 Å². The van der Waals surface area contributed by atoms with Crippen LogP contribution >= 0.6 is 0 Å². The molecular weight excluding hydrogens is 458 g/mol. The quantitative estimate of drug-likeness (QED) is 0.305. The van der Waals surface area contributed by atoms with Crippen LogP contribution in [-0.4, -0.2) is 35.4 Å². The molecule has 0 bridgehead atoms. The first-order valence-corrected chi connectivity index (χ1v) is 11.3. The number of carbonyl (C=O) groups is 2. The highest BCUT2D eigenvalue weighted by Gasteiger charge is 2.23. The maximum atomic E-state index is 12.8. The van der Waals surface area contributed by atoms with E-state index in [1.807, 2.05) is 78.9 Å². The first-order chi connectivity index (χ1) is 17.6. The SMILES string of the molecule is COCc1c(C(=O)OCC(=O)Nc2cc(-c3ccccc3)nn2-c2ccccc2)oc2ccccc12. The third kappa shape index (κ3) is 4.75. The highest BCUT2D eigenvalue weighted by molar-refractivity contribution is 5.98. The minimum atomic E-state index is -0.741. The molecule has 2 aromatic heterocycles. The van der Waals surface area contributed by atoms with E-state index < -0.39 is 18.5 Å². The van der Waals surface area contributed by atoms with Crippen molar-refractivity contribution in [2.45, 2.75) is 6.61 Å². The number of benzene rings is 3. The van der Waals surface area contributed by atoms with Crippen molar-refractivity contribution in [3.8, 4) is 16.9 Å². The maximum Gasteiger partial charge on any atom is 0.375 e. The molecule has 5 aromatic rings. The smallest absolute Gasteiger partial charge is 0.375 e. The number of amides is 1. The minimum absolute atomic E-state index is 0.0199. The summed E-state index contributed by atoms with van der Waals surface area (Å²) >= 11 is 0. The highest BCUT2D eigenvalue weighted by atomic mass is 16.5. The van der Waals surface area contributed by atoms with Crippen LogP contribution in [0.5, 0.6) is 0 Å². The van der Waals surface area contributed by atoms with Crippen LogP contribution in [0.3, 0.4) is 0 Å². The van der Waals surface area contributed by atoms with Gasteiger partial charge in [-0.15, -0.1) is 0 Å². The lowest BCUT2D eigenvalue weighted by molar-refractivity contribution is -0.119. The topological polar surface area (TPSA) is 95.6 Å². The third-order valence-electron chi connectivity index (χ3n) is 5.55. The second kappa shape index (κ2) is 10.3. The Labute approximate surface area is 207 Å². The average Bonchev–Trinajstić information content (AvgIpc) is 3.50. The fourth-order valence-electron chi connectivity index (χ4n) is 3.91. The van der Waals surface area contributed by atoms with Crippen LogP contribution in [-0.2, 0) is 20.9 Å². The summed E-state index contributed by atoms with van der Waals surface area (Å²) in [5.41, 5.74) is 3.50. The molecule has 8 heteroatoms. The summed E-state index contributed by atoms with van der Waals surface area (Å²) in [5, 5.41) is 8.23. The molecule has 0 aliphatic heterocycles. The molecule has 0 saturated carbocycles. The molecule has 36 heavy (non-hydrogen) atoms. The van der Waals surface area contributed by atoms with Crippen molar-refractivity contribution < 1.29 is 23.5 Å². The van der Waals surface area contributed by atoms with E-state index in [4.69, 9.17) is 13.9 Å². The first kappa shape index (κ1) is 23.1. The second-order valence-corrected chi connectivity index (χ2v) is 7.99. The van der Waals surface area contributed by atoms with Gasteiger partial charge < -0.3 is 19.2 Å². The van der Waals surface area contributed by atoms with E-state index in [1.165, 1.54) is 7.11 Å². The summed E-state index contributed by atoms with van der Waals surface area (Å²) in [6.07, 6.45) is 0. The lowest BCUT2D eigenvalue weighted by Crippen LogP contribution is -2.22. The third-order valence-corrected chi connectivity index (χ3v) is 5.55. The van der Waals surface area contributed by atoms with E-state index >= 15 is 0 Å². The summed E-state index contributed by atoms with van der Waals surface area (Å²) in [5.74, 6) is -0.782. The van der Waals surface area contributed by atoms with Crippen molar-refractivity contribution in [2.24, 2.45) is 0 Å². The molecule has 0 radical (unpaired) electrons. The van der Waals surface area contributed by atoms with Gasteiger partial charge in [-0.2, -0.15) is 5.10 Å². The zero-order valence-electron chi connectivity index (χ0n) is 19.5. The summed E-state index contributed by atoms with van der Waals surface area (Å²) in [6, 6.07) is 28.1. The summed E-state index contributed by atoms with van der Waals surface area (Å²) in [4.78, 5) is 25.6. The molecule has 0 aliphatic carbocycles. The zero-order chi connectivity index (χ0) is 24.9. The Bertz CT molecular complexity index is 1510. The Hall–Kier alpha value is -4.69. The molecule has 0 saturated heterocycles. The van der Waals surface area contributed by atoms with Gasteiger partial charge in [-0.3, -0.25) is 4.79 Å². The summed E-state index contributed by atoms with van der Waals surface area (Å²) in [7, 11) is 1.53. The van der Waals surface area contributed by atoms with Crippen molar-refractivity contribution in [3.05, 3.63) is 102 Å². The van der Waals surface area contributed by atoms with Crippen molar-refractivity contribution in [2.75, 3.05) is 19.0 Å². The highest BCUT2D eigenvalue weighted by Crippen LogP contribution is 2.27. The Morgan fingerprint density at radius 3 is 2.39 bits per heavy atom. The number of para-hydroxylation sites is 2. The average molecular weight is 482 g/mol. The number of methoxy groups -OCH3 is 1. The standard InChI is InChI=1S/C28H23N3O5/c1-34-17-22-21-14-8-9-15-24(21)36-27(22)28(33)35-18-26(32)29-25-16-23(19-10-4-2-5-11-19)30-31(25)20-12-6-3-7-13-20/h2-16H,17-18H2,1H3,(H,29,32). The fraction of sp³-hybridized carbons (Fsp3) is 0.107. The summed E-state index contributed by atoms with van der Waals surface area (Å²) in [6.45, 7) is -0.324. The number of aromatic nitrogens is 2. The number of ether oxygens (including phenoxy) is 2. The van der Waals surface area contributed by atoms with Crippen molar-refractivity contribution in [1.82, 2.24) is 9.78 Å². The van der Waals surface area contributed by atoms with Crippen LogP contribution in [0.15, 0.2) is 95.4 Å². The molecule has 1 N–H and O–H groups in total. The lowest BCUT2D eigenvalue weighted by Gasteiger charge is -2.09. The van der Waals surface area contributed by atoms with Crippen molar-refractivity contribution in [3.63, 3.8) is 0 Å². The van der Waals surface area contributed by atoms with Crippen LogP contribution in [0.4, 0.5) is 5.82 Å². The Balaban J connectivity index is 1.34. The molecule has 0 atom stereocenters. The first-order valence-electron chi connectivity index (χ1n) is 11.3. The van der Waals surface area contributed by atoms with E-state index in [1.54, 1.807) is 16.8 Å². The van der Waals surface area contributed by atoms with Gasteiger partial charge in [0, 0.05) is 29.7 Å². The molecule has 5 rings (SSSR count). The van der Waals surface area contributed by atoms with E-state index in [0.29, 0.717) is 22.7 Å². The largest absolute Gasteiger partial charge is 0.450 e. The molecule has 0 fully saturated rings. The van der Waals surface area contributed by atoms with Gasteiger partial charge in [-0.1, -0.05) is 66.7 Å². The molecule has 3 aromatic carbocycles. The monoisotopic (exact) mass is 481 g/mol.